The molecule has 3 N–H and O–H groups in total. The molecule has 0 aromatic carbocycles. The van der Waals surface area contributed by atoms with Crippen LogP contribution in [0.5, 0.6) is 0 Å². The average molecular weight is 296 g/mol. The normalized spacial score (nSPS) is 13.2. The van der Waals surface area contributed by atoms with Crippen molar-refractivity contribution in [2.45, 2.75) is 45.4 Å². The van der Waals surface area contributed by atoms with Crippen LogP contribution >= 0.6 is 11.8 Å². The summed E-state index contributed by atoms with van der Waals surface area (Å²) < 4.78 is 0. The van der Waals surface area contributed by atoms with Crippen molar-refractivity contribution < 1.29 is 9.90 Å². The minimum atomic E-state index is -0.955. The van der Waals surface area contributed by atoms with Gasteiger partial charge in [0.05, 0.1) is 5.69 Å². The molecule has 4 nitrogen and oxygen atoms in total. The lowest BCUT2D eigenvalue weighted by molar-refractivity contribution is -0.137. The number of thioether (sulfide) groups is 1. The fourth-order valence-electron chi connectivity index (χ4n) is 1.69. The van der Waals surface area contributed by atoms with Gasteiger partial charge in [0.1, 0.15) is 6.04 Å². The Kier molecular flexibility index (Phi) is 6.49. The van der Waals surface area contributed by atoms with Crippen LogP contribution in [0.25, 0.3) is 0 Å². The number of carboxylic acids is 1. The van der Waals surface area contributed by atoms with Gasteiger partial charge in [0.15, 0.2) is 0 Å². The number of nitrogens with two attached hydrogens (primary N) is 1. The predicted octanol–water partition coefficient (Wildman–Crippen LogP) is 2.71. The molecule has 0 aliphatic heterocycles. The number of pyridine rings is 1. The third-order valence-electron chi connectivity index (χ3n) is 3.35. The Labute approximate surface area is 125 Å². The number of carbonyl (C=O) groups is 1. The first kappa shape index (κ1) is 17.0. The highest BCUT2D eigenvalue weighted by Crippen LogP contribution is 2.24. The summed E-state index contributed by atoms with van der Waals surface area (Å²) in [4.78, 5) is 15.3. The lowest BCUT2D eigenvalue weighted by Crippen LogP contribution is -2.32. The molecular formula is C15H24N2O2S. The molecule has 0 aliphatic carbocycles. The van der Waals surface area contributed by atoms with Crippen molar-refractivity contribution in [1.29, 1.82) is 0 Å². The van der Waals surface area contributed by atoms with Crippen LogP contribution in [0.1, 0.15) is 38.6 Å². The molecule has 1 aromatic rings. The molecule has 0 saturated heterocycles. The summed E-state index contributed by atoms with van der Waals surface area (Å²) in [6.07, 6.45) is 2.07. The van der Waals surface area contributed by atoms with Crippen LogP contribution in [0.4, 0.5) is 0 Å². The molecule has 112 valence electrons. The average Bonchev–Trinajstić information content (AvgIpc) is 2.38. The molecule has 1 atom stereocenters. The SMILES string of the molecule is CCC(C)(C)Cc1cccc(CSC[C@H](N)C(=O)O)n1. The Hall–Kier alpha value is -1.07. The van der Waals surface area contributed by atoms with E-state index >= 15 is 0 Å². The van der Waals surface area contributed by atoms with Crippen molar-refractivity contribution in [3.8, 4) is 0 Å². The maximum absolute atomic E-state index is 10.6. The summed E-state index contributed by atoms with van der Waals surface area (Å²) in [6, 6.07) is 5.24. The van der Waals surface area contributed by atoms with Gasteiger partial charge < -0.3 is 10.8 Å². The zero-order valence-electron chi connectivity index (χ0n) is 12.4. The predicted molar refractivity (Wildman–Crippen MR) is 83.8 cm³/mol. The highest BCUT2D eigenvalue weighted by atomic mass is 32.2. The molecule has 0 unspecified atom stereocenters. The molecule has 0 saturated carbocycles. The summed E-state index contributed by atoms with van der Waals surface area (Å²) in [6.45, 7) is 6.66. The van der Waals surface area contributed by atoms with Crippen LogP contribution in [0.3, 0.4) is 0 Å². The van der Waals surface area contributed by atoms with Gasteiger partial charge in [-0.05, 0) is 24.0 Å². The Morgan fingerprint density at radius 3 is 2.70 bits per heavy atom. The van der Waals surface area contributed by atoms with Crippen LogP contribution < -0.4 is 5.73 Å². The van der Waals surface area contributed by atoms with Gasteiger partial charge in [0, 0.05) is 17.2 Å². The summed E-state index contributed by atoms with van der Waals surface area (Å²) in [5.41, 5.74) is 7.80. The fraction of sp³-hybridized carbons (Fsp3) is 0.600. The van der Waals surface area contributed by atoms with Crippen molar-refractivity contribution in [3.05, 3.63) is 29.6 Å². The van der Waals surface area contributed by atoms with E-state index in [1.807, 2.05) is 12.1 Å². The van der Waals surface area contributed by atoms with Gasteiger partial charge in [0.25, 0.3) is 0 Å². The molecule has 1 rings (SSSR count). The van der Waals surface area contributed by atoms with Gasteiger partial charge in [-0.1, -0.05) is 33.3 Å². The van der Waals surface area contributed by atoms with Gasteiger partial charge in [-0.15, -0.1) is 0 Å². The van der Waals surface area contributed by atoms with E-state index in [9.17, 15) is 4.79 Å². The molecule has 0 spiro atoms. The summed E-state index contributed by atoms with van der Waals surface area (Å²) in [7, 11) is 0. The highest BCUT2D eigenvalue weighted by Gasteiger charge is 2.17. The maximum atomic E-state index is 10.6. The van der Waals surface area contributed by atoms with Crippen LogP contribution in [0, 0.1) is 5.41 Å². The van der Waals surface area contributed by atoms with Gasteiger partial charge >= 0.3 is 5.97 Å². The van der Waals surface area contributed by atoms with E-state index in [1.165, 1.54) is 11.8 Å². The van der Waals surface area contributed by atoms with Crippen LogP contribution in [-0.4, -0.2) is 27.9 Å². The van der Waals surface area contributed by atoms with Crippen molar-refractivity contribution in [3.63, 3.8) is 0 Å². The van der Waals surface area contributed by atoms with Crippen molar-refractivity contribution in [1.82, 2.24) is 4.98 Å². The van der Waals surface area contributed by atoms with Crippen LogP contribution in [0.2, 0.25) is 0 Å². The van der Waals surface area contributed by atoms with Crippen LogP contribution in [0.15, 0.2) is 18.2 Å². The van der Waals surface area contributed by atoms with E-state index in [1.54, 1.807) is 0 Å². The molecule has 5 heteroatoms. The first-order valence-corrected chi connectivity index (χ1v) is 8.00. The van der Waals surface area contributed by atoms with Gasteiger partial charge in [0.2, 0.25) is 0 Å². The third kappa shape index (κ3) is 5.92. The number of rotatable bonds is 8. The molecule has 0 fully saturated rings. The van der Waals surface area contributed by atoms with E-state index in [0.717, 1.165) is 24.2 Å². The lowest BCUT2D eigenvalue weighted by Gasteiger charge is -2.22. The molecule has 1 heterocycles. The number of aliphatic carboxylic acids is 1. The molecule has 0 radical (unpaired) electrons. The first-order chi connectivity index (χ1) is 9.34. The Bertz CT molecular complexity index is 449. The first-order valence-electron chi connectivity index (χ1n) is 6.85. The zero-order chi connectivity index (χ0) is 15.2. The van der Waals surface area contributed by atoms with E-state index < -0.39 is 12.0 Å². The summed E-state index contributed by atoms with van der Waals surface area (Å²) >= 11 is 1.51. The van der Waals surface area contributed by atoms with Gasteiger partial charge in [-0.2, -0.15) is 11.8 Å². The Balaban J connectivity index is 2.54. The minimum absolute atomic E-state index is 0.254. The zero-order valence-corrected chi connectivity index (χ0v) is 13.2. The van der Waals surface area contributed by atoms with Gasteiger partial charge in [-0.25, -0.2) is 0 Å². The van der Waals surface area contributed by atoms with Crippen LogP contribution in [-0.2, 0) is 17.0 Å². The van der Waals surface area contributed by atoms with Crippen molar-refractivity contribution >= 4 is 17.7 Å². The molecule has 0 aliphatic rings. The van der Waals surface area contributed by atoms with Crippen molar-refractivity contribution in [2.24, 2.45) is 11.1 Å². The fourth-order valence-corrected chi connectivity index (χ4v) is 2.57. The monoisotopic (exact) mass is 296 g/mol. The molecular weight excluding hydrogens is 272 g/mol. The summed E-state index contributed by atoms with van der Waals surface area (Å²) in [5.74, 6) is 0.146. The standard InChI is InChI=1S/C15H24N2O2S/c1-4-15(2,3)8-11-6-5-7-12(17-11)9-20-10-13(16)14(18)19/h5-7,13H,4,8-10,16H2,1-3H3,(H,18,19)/t13-/m0/s1. The number of hydrogen-bond donors (Lipinski definition) is 2. The Morgan fingerprint density at radius 1 is 1.45 bits per heavy atom. The van der Waals surface area contributed by atoms with Crippen molar-refractivity contribution in [2.75, 3.05) is 5.75 Å². The second kappa shape index (κ2) is 7.64. The van der Waals surface area contributed by atoms with E-state index in [4.69, 9.17) is 10.8 Å². The van der Waals surface area contributed by atoms with E-state index in [-0.39, 0.29) is 5.41 Å². The molecule has 20 heavy (non-hydrogen) atoms. The third-order valence-corrected chi connectivity index (χ3v) is 4.44. The number of aromatic nitrogens is 1. The topological polar surface area (TPSA) is 76.2 Å². The smallest absolute Gasteiger partial charge is 0.321 e. The quantitative estimate of drug-likeness (QED) is 0.771. The van der Waals surface area contributed by atoms with E-state index in [0.29, 0.717) is 11.5 Å². The second-order valence-corrected chi connectivity index (χ2v) is 6.80. The Morgan fingerprint density at radius 2 is 2.10 bits per heavy atom. The molecule has 0 bridgehead atoms. The number of hydrogen-bond acceptors (Lipinski definition) is 4. The second-order valence-electron chi connectivity index (χ2n) is 5.77. The molecule has 1 aromatic heterocycles. The molecule has 0 amide bonds. The minimum Gasteiger partial charge on any atom is -0.480 e. The number of carboxylic acid groups (broad SMARTS) is 1. The maximum Gasteiger partial charge on any atom is 0.321 e. The largest absolute Gasteiger partial charge is 0.480 e. The number of nitrogens with zero attached hydrogens (tertiary/aromatic N) is 1. The van der Waals surface area contributed by atoms with E-state index in [2.05, 4.69) is 31.8 Å². The van der Waals surface area contributed by atoms with Gasteiger partial charge in [-0.3, -0.25) is 9.78 Å². The highest BCUT2D eigenvalue weighted by molar-refractivity contribution is 7.98. The lowest BCUT2D eigenvalue weighted by atomic mass is 9.85. The summed E-state index contributed by atoms with van der Waals surface area (Å²) in [5, 5.41) is 8.72.